The van der Waals surface area contributed by atoms with E-state index in [-0.39, 0.29) is 5.56 Å². The number of H-pyrrole nitrogens is 1. The summed E-state index contributed by atoms with van der Waals surface area (Å²) in [5, 5.41) is 0.661. The van der Waals surface area contributed by atoms with E-state index in [2.05, 4.69) is 4.98 Å². The number of benzene rings is 2. The Labute approximate surface area is 158 Å². The van der Waals surface area contributed by atoms with E-state index in [1.807, 2.05) is 66.9 Å². The number of thioether (sulfide) groups is 1. The summed E-state index contributed by atoms with van der Waals surface area (Å²) in [6.45, 7) is 0. The summed E-state index contributed by atoms with van der Waals surface area (Å²) in [4.78, 5) is 19.2. The molecule has 2 aromatic heterocycles. The molecule has 0 bridgehead atoms. The third-order valence-corrected chi connectivity index (χ3v) is 6.14. The van der Waals surface area contributed by atoms with Gasteiger partial charge in [-0.3, -0.25) is 9.36 Å². The molecule has 0 aliphatic heterocycles. The van der Waals surface area contributed by atoms with Gasteiger partial charge in [0.2, 0.25) is 0 Å². The molecular formula is C19H14N2OS3. The summed E-state index contributed by atoms with van der Waals surface area (Å²) in [6, 6.07) is 19.8. The Bertz CT molecular complexity index is 1170. The van der Waals surface area contributed by atoms with Gasteiger partial charge in [-0.1, -0.05) is 42.5 Å². The molecule has 0 aliphatic carbocycles. The number of fused-ring (bicyclic) bond motifs is 1. The molecule has 4 rings (SSSR count). The van der Waals surface area contributed by atoms with Gasteiger partial charge in [0.25, 0.3) is 5.56 Å². The van der Waals surface area contributed by atoms with Crippen LogP contribution in [0.25, 0.3) is 26.3 Å². The van der Waals surface area contributed by atoms with Crippen LogP contribution in [0.3, 0.4) is 0 Å². The molecule has 1 N–H and O–H groups in total. The number of thiophene rings is 1. The topological polar surface area (TPSA) is 37.8 Å². The molecule has 3 nitrogen and oxygen atoms in total. The van der Waals surface area contributed by atoms with E-state index in [0.29, 0.717) is 10.2 Å². The Morgan fingerprint density at radius 3 is 2.56 bits per heavy atom. The minimum absolute atomic E-state index is 0.0846. The number of aromatic nitrogens is 2. The lowest BCUT2D eigenvalue weighted by Crippen LogP contribution is -2.20. The van der Waals surface area contributed by atoms with E-state index < -0.39 is 0 Å². The summed E-state index contributed by atoms with van der Waals surface area (Å²) >= 11 is 8.64. The number of rotatable bonds is 3. The Morgan fingerprint density at radius 2 is 1.80 bits per heavy atom. The van der Waals surface area contributed by atoms with Crippen molar-refractivity contribution in [2.75, 3.05) is 6.26 Å². The third kappa shape index (κ3) is 2.86. The number of hydrogen-bond donors (Lipinski definition) is 1. The number of aromatic amines is 1. The van der Waals surface area contributed by atoms with Crippen molar-refractivity contribution >= 4 is 45.5 Å². The van der Waals surface area contributed by atoms with Crippen molar-refractivity contribution in [1.82, 2.24) is 9.55 Å². The second kappa shape index (κ2) is 6.63. The standard InChI is InChI=1S/C19H14N2OS3/c1-24-15-10-6-5-9-14(15)21-18(22)13-11-16(12-7-3-2-4-8-12)25-17(13)20-19(21)23/h2-11H,1H3,(H,20,23). The minimum Gasteiger partial charge on any atom is -0.323 e. The fourth-order valence-electron chi connectivity index (χ4n) is 2.79. The molecule has 0 saturated carbocycles. The summed E-state index contributed by atoms with van der Waals surface area (Å²) in [5.74, 6) is 0. The van der Waals surface area contributed by atoms with Crippen LogP contribution in [0.15, 0.2) is 70.4 Å². The lowest BCUT2D eigenvalue weighted by Gasteiger charge is -2.10. The highest BCUT2D eigenvalue weighted by molar-refractivity contribution is 7.98. The summed E-state index contributed by atoms with van der Waals surface area (Å²) in [6.07, 6.45) is 1.99. The van der Waals surface area contributed by atoms with E-state index in [0.717, 1.165) is 25.9 Å². The van der Waals surface area contributed by atoms with E-state index in [4.69, 9.17) is 12.2 Å². The van der Waals surface area contributed by atoms with Crippen molar-refractivity contribution in [2.45, 2.75) is 4.90 Å². The van der Waals surface area contributed by atoms with Crippen molar-refractivity contribution in [1.29, 1.82) is 0 Å². The lowest BCUT2D eigenvalue weighted by molar-refractivity contribution is 0.922. The Balaban J connectivity index is 1.99. The molecule has 0 atom stereocenters. The van der Waals surface area contributed by atoms with Gasteiger partial charge >= 0.3 is 0 Å². The van der Waals surface area contributed by atoms with Gasteiger partial charge in [0.05, 0.1) is 11.1 Å². The predicted molar refractivity (Wildman–Crippen MR) is 110 cm³/mol. The monoisotopic (exact) mass is 382 g/mol. The van der Waals surface area contributed by atoms with E-state index >= 15 is 0 Å². The van der Waals surface area contributed by atoms with Crippen molar-refractivity contribution in [3.8, 4) is 16.1 Å². The maximum Gasteiger partial charge on any atom is 0.267 e. The molecule has 0 unspecified atom stereocenters. The Hall–Kier alpha value is -2.15. The molecule has 0 amide bonds. The molecule has 0 fully saturated rings. The molecule has 6 heteroatoms. The minimum atomic E-state index is -0.0846. The van der Waals surface area contributed by atoms with Crippen LogP contribution >= 0.6 is 35.3 Å². The smallest absolute Gasteiger partial charge is 0.267 e. The molecule has 0 spiro atoms. The van der Waals surface area contributed by atoms with Crippen LogP contribution in [-0.2, 0) is 0 Å². The first kappa shape index (κ1) is 16.3. The fourth-order valence-corrected chi connectivity index (χ4v) is 4.77. The zero-order valence-corrected chi connectivity index (χ0v) is 15.8. The Kier molecular flexibility index (Phi) is 4.33. The maximum absolute atomic E-state index is 13.1. The van der Waals surface area contributed by atoms with E-state index in [1.54, 1.807) is 27.7 Å². The second-order valence-electron chi connectivity index (χ2n) is 5.46. The van der Waals surface area contributed by atoms with E-state index in [1.165, 1.54) is 0 Å². The molecule has 2 aromatic carbocycles. The first-order chi connectivity index (χ1) is 12.2. The van der Waals surface area contributed by atoms with Crippen LogP contribution in [0.1, 0.15) is 0 Å². The van der Waals surface area contributed by atoms with Crippen molar-refractivity contribution < 1.29 is 0 Å². The van der Waals surface area contributed by atoms with Gasteiger partial charge in [0.15, 0.2) is 4.77 Å². The lowest BCUT2D eigenvalue weighted by atomic mass is 10.2. The first-order valence-electron chi connectivity index (χ1n) is 7.67. The van der Waals surface area contributed by atoms with Crippen molar-refractivity contribution in [2.24, 2.45) is 0 Å². The van der Waals surface area contributed by atoms with Gasteiger partial charge in [0.1, 0.15) is 4.83 Å². The fraction of sp³-hybridized carbons (Fsp3) is 0.0526. The average molecular weight is 383 g/mol. The summed E-state index contributed by atoms with van der Waals surface area (Å²) in [7, 11) is 0. The number of nitrogens with zero attached hydrogens (tertiary/aromatic N) is 1. The van der Waals surface area contributed by atoms with E-state index in [9.17, 15) is 4.79 Å². The molecule has 4 aromatic rings. The van der Waals surface area contributed by atoms with Gasteiger partial charge in [-0.2, -0.15) is 0 Å². The predicted octanol–water partition coefficient (Wildman–Crippen LogP) is 5.50. The maximum atomic E-state index is 13.1. The molecule has 124 valence electrons. The van der Waals surface area contributed by atoms with Crippen LogP contribution in [0.4, 0.5) is 0 Å². The van der Waals surface area contributed by atoms with Crippen LogP contribution in [-0.4, -0.2) is 15.8 Å². The number of hydrogen-bond acceptors (Lipinski definition) is 4. The van der Waals surface area contributed by atoms with Crippen LogP contribution in [0.5, 0.6) is 0 Å². The third-order valence-electron chi connectivity index (χ3n) is 3.97. The van der Waals surface area contributed by atoms with Gasteiger partial charge in [-0.05, 0) is 42.2 Å². The van der Waals surface area contributed by atoms with Gasteiger partial charge in [-0.15, -0.1) is 23.1 Å². The highest BCUT2D eigenvalue weighted by Gasteiger charge is 2.14. The Morgan fingerprint density at radius 1 is 1.08 bits per heavy atom. The SMILES string of the molecule is CSc1ccccc1-n1c(=S)[nH]c2sc(-c3ccccc3)cc2c1=O. The summed E-state index contributed by atoms with van der Waals surface area (Å²) < 4.78 is 2.01. The number of nitrogens with one attached hydrogen (secondary N) is 1. The quantitative estimate of drug-likeness (QED) is 0.376. The molecule has 25 heavy (non-hydrogen) atoms. The highest BCUT2D eigenvalue weighted by Crippen LogP contribution is 2.31. The first-order valence-corrected chi connectivity index (χ1v) is 10.1. The molecule has 2 heterocycles. The number of para-hydroxylation sites is 1. The normalized spacial score (nSPS) is 11.1. The highest BCUT2D eigenvalue weighted by atomic mass is 32.2. The van der Waals surface area contributed by atoms with Gasteiger partial charge < -0.3 is 4.98 Å². The van der Waals surface area contributed by atoms with Crippen molar-refractivity contribution in [3.63, 3.8) is 0 Å². The van der Waals surface area contributed by atoms with Crippen molar-refractivity contribution in [3.05, 3.63) is 75.8 Å². The summed E-state index contributed by atoms with van der Waals surface area (Å²) in [5.41, 5.74) is 1.83. The zero-order valence-electron chi connectivity index (χ0n) is 13.4. The molecule has 0 aliphatic rings. The zero-order chi connectivity index (χ0) is 17.4. The molecular weight excluding hydrogens is 368 g/mol. The van der Waals surface area contributed by atoms with Crippen LogP contribution < -0.4 is 5.56 Å². The van der Waals surface area contributed by atoms with Crippen LogP contribution in [0.2, 0.25) is 0 Å². The average Bonchev–Trinajstić information content (AvgIpc) is 3.07. The second-order valence-corrected chi connectivity index (χ2v) is 7.75. The van der Waals surface area contributed by atoms with Gasteiger partial charge in [0, 0.05) is 9.77 Å². The molecule has 0 radical (unpaired) electrons. The van der Waals surface area contributed by atoms with Crippen LogP contribution in [0, 0.1) is 4.77 Å². The van der Waals surface area contributed by atoms with Gasteiger partial charge in [-0.25, -0.2) is 0 Å². The largest absolute Gasteiger partial charge is 0.323 e. The molecule has 0 saturated heterocycles.